The molecule has 38 heavy (non-hydrogen) atoms. The van der Waals surface area contributed by atoms with Gasteiger partial charge in [-0.15, -0.1) is 0 Å². The van der Waals surface area contributed by atoms with Gasteiger partial charge in [-0.2, -0.15) is 0 Å². The van der Waals surface area contributed by atoms with Crippen LogP contribution in [0.4, 0.5) is 9.18 Å². The van der Waals surface area contributed by atoms with Crippen LogP contribution in [-0.2, 0) is 23.0 Å². The van der Waals surface area contributed by atoms with Crippen LogP contribution in [0.2, 0.25) is 0 Å². The van der Waals surface area contributed by atoms with Crippen molar-refractivity contribution in [3.63, 3.8) is 0 Å². The molecule has 9 heteroatoms. The Morgan fingerprint density at radius 3 is 2.53 bits per heavy atom. The number of fused-ring (bicyclic) bond motifs is 3. The summed E-state index contributed by atoms with van der Waals surface area (Å²) in [5, 5.41) is 3.81. The number of carbonyl (C=O) groups excluding carboxylic acids is 3. The highest BCUT2D eigenvalue weighted by Gasteiger charge is 2.30. The molecule has 0 radical (unpaired) electrons. The molecule has 198 valence electrons. The van der Waals surface area contributed by atoms with E-state index in [9.17, 15) is 18.8 Å². The highest BCUT2D eigenvalue weighted by atomic mass is 19.1. The molecule has 1 saturated carbocycles. The van der Waals surface area contributed by atoms with Gasteiger partial charge in [0.1, 0.15) is 11.6 Å². The summed E-state index contributed by atoms with van der Waals surface area (Å²) in [7, 11) is 1.84. The molecule has 1 aliphatic carbocycles. The predicted octanol–water partition coefficient (Wildman–Crippen LogP) is 4.87. The standard InChI is InChI=1S/C29H30FN3O5/c1-4-37-28(35)23-16-33(27(34)18-8-10-19(30)11-9-18)13-12-22-25-17(2)14-21(15-24(25)32(3)26(22)23)38-29(36)31-20-6-5-7-20/h8-11,14-16,20H,4-7,12-13H2,1-3H3,(H,31,36). The Balaban J connectivity index is 1.55. The molecule has 0 unspecified atom stereocenters. The van der Waals surface area contributed by atoms with Crippen molar-refractivity contribution in [1.29, 1.82) is 0 Å². The second-order valence-corrected chi connectivity index (χ2v) is 9.70. The lowest BCUT2D eigenvalue weighted by Crippen LogP contribution is -2.41. The van der Waals surface area contributed by atoms with Crippen molar-refractivity contribution in [2.75, 3.05) is 13.2 Å². The third kappa shape index (κ3) is 4.76. The summed E-state index contributed by atoms with van der Waals surface area (Å²) in [5.74, 6) is -0.906. The molecule has 8 nitrogen and oxygen atoms in total. The van der Waals surface area contributed by atoms with E-state index in [0.717, 1.165) is 41.3 Å². The molecule has 0 saturated heterocycles. The number of carbonyl (C=O) groups is 3. The molecule has 2 aromatic carbocycles. The monoisotopic (exact) mass is 519 g/mol. The molecule has 1 N–H and O–H groups in total. The zero-order valence-electron chi connectivity index (χ0n) is 21.7. The first-order valence-corrected chi connectivity index (χ1v) is 12.8. The summed E-state index contributed by atoms with van der Waals surface area (Å²) in [5.41, 5.74) is 3.80. The number of hydrogen-bond acceptors (Lipinski definition) is 5. The summed E-state index contributed by atoms with van der Waals surface area (Å²) < 4.78 is 26.3. The molecule has 2 aliphatic rings. The number of esters is 1. The maximum Gasteiger partial charge on any atom is 0.412 e. The Bertz CT molecular complexity index is 1450. The number of nitrogens with zero attached hydrogens (tertiary/aromatic N) is 2. The normalized spacial score (nSPS) is 15.3. The van der Waals surface area contributed by atoms with E-state index in [1.807, 2.05) is 24.6 Å². The van der Waals surface area contributed by atoms with E-state index in [1.54, 1.807) is 13.0 Å². The van der Waals surface area contributed by atoms with Crippen molar-refractivity contribution < 1.29 is 28.2 Å². The molecule has 1 aliphatic heterocycles. The van der Waals surface area contributed by atoms with Gasteiger partial charge in [0.05, 0.1) is 23.4 Å². The number of halogens is 1. The van der Waals surface area contributed by atoms with E-state index in [2.05, 4.69) is 5.32 Å². The van der Waals surface area contributed by atoms with Crippen molar-refractivity contribution in [3.05, 3.63) is 70.8 Å². The van der Waals surface area contributed by atoms with Crippen molar-refractivity contribution >= 4 is 34.4 Å². The summed E-state index contributed by atoms with van der Waals surface area (Å²) >= 11 is 0. The van der Waals surface area contributed by atoms with Crippen molar-refractivity contribution in [2.45, 2.75) is 45.6 Å². The Kier molecular flexibility index (Phi) is 6.93. The van der Waals surface area contributed by atoms with Gasteiger partial charge in [-0.3, -0.25) is 4.79 Å². The molecule has 0 atom stereocenters. The first kappa shape index (κ1) is 25.5. The molecule has 3 aromatic rings. The number of rotatable bonds is 5. The summed E-state index contributed by atoms with van der Waals surface area (Å²) in [6, 6.07) is 9.09. The van der Waals surface area contributed by atoms with Crippen LogP contribution in [0.25, 0.3) is 16.5 Å². The van der Waals surface area contributed by atoms with Crippen molar-refractivity contribution in [1.82, 2.24) is 14.8 Å². The van der Waals surface area contributed by atoms with Gasteiger partial charge in [-0.05, 0) is 81.0 Å². The fourth-order valence-electron chi connectivity index (χ4n) is 5.13. The van der Waals surface area contributed by atoms with Crippen LogP contribution in [0.1, 0.15) is 53.4 Å². The first-order valence-electron chi connectivity index (χ1n) is 12.8. The summed E-state index contributed by atoms with van der Waals surface area (Å²) in [4.78, 5) is 40.3. The van der Waals surface area contributed by atoms with E-state index >= 15 is 0 Å². The van der Waals surface area contributed by atoms with E-state index in [1.165, 1.54) is 35.4 Å². The number of nitrogens with one attached hydrogen (secondary N) is 1. The molecular weight excluding hydrogens is 489 g/mol. The van der Waals surface area contributed by atoms with E-state index < -0.39 is 17.9 Å². The van der Waals surface area contributed by atoms with Crippen LogP contribution in [0.15, 0.2) is 42.6 Å². The molecule has 2 amide bonds. The number of aromatic nitrogens is 1. The van der Waals surface area contributed by atoms with Gasteiger partial charge < -0.3 is 24.3 Å². The van der Waals surface area contributed by atoms with Crippen LogP contribution in [0.5, 0.6) is 5.75 Å². The molecule has 5 rings (SSSR count). The average molecular weight is 520 g/mol. The highest BCUT2D eigenvalue weighted by Crippen LogP contribution is 2.37. The van der Waals surface area contributed by atoms with Crippen LogP contribution >= 0.6 is 0 Å². The molecule has 0 spiro atoms. The largest absolute Gasteiger partial charge is 0.462 e. The minimum absolute atomic E-state index is 0.163. The predicted molar refractivity (Wildman–Crippen MR) is 140 cm³/mol. The lowest BCUT2D eigenvalue weighted by molar-refractivity contribution is -0.136. The highest BCUT2D eigenvalue weighted by molar-refractivity contribution is 6.18. The van der Waals surface area contributed by atoms with E-state index in [4.69, 9.17) is 9.47 Å². The number of aryl methyl sites for hydroxylation is 2. The number of benzene rings is 2. The number of ether oxygens (including phenoxy) is 2. The van der Waals surface area contributed by atoms with E-state index in [-0.39, 0.29) is 24.1 Å². The Hall–Kier alpha value is -4.14. The zero-order chi connectivity index (χ0) is 27.0. The second kappa shape index (κ2) is 10.3. The smallest absolute Gasteiger partial charge is 0.412 e. The van der Waals surface area contributed by atoms with Crippen LogP contribution in [0.3, 0.4) is 0 Å². The number of amides is 2. The van der Waals surface area contributed by atoms with Gasteiger partial charge in [0.2, 0.25) is 0 Å². The minimum Gasteiger partial charge on any atom is -0.462 e. The quantitative estimate of drug-likeness (QED) is 0.486. The SMILES string of the molecule is CCOC(=O)C1=CN(C(=O)c2ccc(F)cc2)CCc2c1n(C)c1cc(OC(=O)NC3CCC3)cc(C)c21. The fraction of sp³-hybridized carbons (Fsp3) is 0.345. The van der Waals surface area contributed by atoms with Gasteiger partial charge in [-0.1, -0.05) is 0 Å². The average Bonchev–Trinajstić information content (AvgIpc) is 3.00. The maximum atomic E-state index is 13.4. The van der Waals surface area contributed by atoms with Crippen molar-refractivity contribution in [3.8, 4) is 5.75 Å². The Labute approximate surface area is 220 Å². The van der Waals surface area contributed by atoms with Gasteiger partial charge >= 0.3 is 12.1 Å². The lowest BCUT2D eigenvalue weighted by Gasteiger charge is -2.25. The minimum atomic E-state index is -0.549. The first-order chi connectivity index (χ1) is 18.3. The van der Waals surface area contributed by atoms with Crippen LogP contribution in [-0.4, -0.2) is 46.6 Å². The molecule has 0 bridgehead atoms. The zero-order valence-corrected chi connectivity index (χ0v) is 21.7. The van der Waals surface area contributed by atoms with Gasteiger partial charge in [-0.25, -0.2) is 14.0 Å². The number of hydrogen-bond donors (Lipinski definition) is 1. The van der Waals surface area contributed by atoms with Crippen LogP contribution < -0.4 is 10.1 Å². The second-order valence-electron chi connectivity index (χ2n) is 9.70. The molecule has 1 aromatic heterocycles. The Morgan fingerprint density at radius 1 is 1.13 bits per heavy atom. The van der Waals surface area contributed by atoms with E-state index in [0.29, 0.717) is 30.0 Å². The third-order valence-corrected chi connectivity index (χ3v) is 7.20. The molecule has 2 heterocycles. The Morgan fingerprint density at radius 2 is 1.87 bits per heavy atom. The van der Waals surface area contributed by atoms with Gasteiger partial charge in [0.15, 0.2) is 0 Å². The summed E-state index contributed by atoms with van der Waals surface area (Å²) in [6.45, 7) is 4.14. The lowest BCUT2D eigenvalue weighted by atomic mass is 9.93. The molecule has 1 fully saturated rings. The van der Waals surface area contributed by atoms with Gasteiger partial charge in [0, 0.05) is 42.9 Å². The summed E-state index contributed by atoms with van der Waals surface area (Å²) in [6.07, 6.45) is 4.54. The van der Waals surface area contributed by atoms with Crippen LogP contribution in [0, 0.1) is 12.7 Å². The maximum absolute atomic E-state index is 13.4. The fourth-order valence-corrected chi connectivity index (χ4v) is 5.13. The van der Waals surface area contributed by atoms with Gasteiger partial charge in [0.25, 0.3) is 5.91 Å². The third-order valence-electron chi connectivity index (χ3n) is 7.20. The topological polar surface area (TPSA) is 89.9 Å². The molecular formula is C29H30FN3O5. The van der Waals surface area contributed by atoms with Crippen molar-refractivity contribution in [2.24, 2.45) is 7.05 Å².